The molecule has 1 atom stereocenters. The minimum Gasteiger partial charge on any atom is -0.351 e. The van der Waals surface area contributed by atoms with Crippen LogP contribution in [0.1, 0.15) is 46.5 Å². The van der Waals surface area contributed by atoms with E-state index >= 15 is 0 Å². The summed E-state index contributed by atoms with van der Waals surface area (Å²) < 4.78 is 0. The first-order valence-electron chi connectivity index (χ1n) is 5.52. The highest BCUT2D eigenvalue weighted by Crippen LogP contribution is 2.19. The Bertz CT molecular complexity index is 230. The van der Waals surface area contributed by atoms with E-state index in [0.29, 0.717) is 0 Å². The fourth-order valence-electron chi connectivity index (χ4n) is 1.56. The summed E-state index contributed by atoms with van der Waals surface area (Å²) in [6.07, 6.45) is 8.21. The zero-order valence-electron chi connectivity index (χ0n) is 9.47. The molecule has 1 N–H and O–H groups in total. The van der Waals surface area contributed by atoms with Gasteiger partial charge in [0.05, 0.1) is 0 Å². The van der Waals surface area contributed by atoms with E-state index in [4.69, 9.17) is 0 Å². The number of hydrogen-bond acceptors (Lipinski definition) is 1. The third kappa shape index (κ3) is 3.17. The molecule has 1 aliphatic carbocycles. The number of carbonyl (C=O) groups excluding carboxylic acids is 1. The van der Waals surface area contributed by atoms with Crippen molar-refractivity contribution in [1.82, 2.24) is 5.32 Å². The van der Waals surface area contributed by atoms with Crippen molar-refractivity contribution in [3.8, 4) is 0 Å². The zero-order valence-corrected chi connectivity index (χ0v) is 9.47. The summed E-state index contributed by atoms with van der Waals surface area (Å²) in [5, 5.41) is 3.10. The van der Waals surface area contributed by atoms with Crippen molar-refractivity contribution < 1.29 is 4.79 Å². The standard InChI is InChI=1S/C12H21NO/c1-4-12(2,3)13-11(14)10-8-6-5-7-9-10/h5-6,10H,4,7-9H2,1-3H3,(H,13,14). The highest BCUT2D eigenvalue weighted by molar-refractivity contribution is 5.79. The maximum atomic E-state index is 11.8. The van der Waals surface area contributed by atoms with E-state index in [1.165, 1.54) is 0 Å². The van der Waals surface area contributed by atoms with E-state index in [2.05, 4.69) is 38.2 Å². The van der Waals surface area contributed by atoms with Gasteiger partial charge in [-0.1, -0.05) is 19.1 Å². The number of carbonyl (C=O) groups is 1. The lowest BCUT2D eigenvalue weighted by atomic mass is 9.92. The first kappa shape index (κ1) is 11.3. The molecule has 0 aliphatic heterocycles. The maximum Gasteiger partial charge on any atom is 0.223 e. The average Bonchev–Trinajstić information content (AvgIpc) is 2.19. The van der Waals surface area contributed by atoms with Gasteiger partial charge >= 0.3 is 0 Å². The molecular weight excluding hydrogens is 174 g/mol. The van der Waals surface area contributed by atoms with Gasteiger partial charge in [-0.3, -0.25) is 4.79 Å². The van der Waals surface area contributed by atoms with Crippen LogP contribution in [0.25, 0.3) is 0 Å². The molecule has 0 saturated heterocycles. The van der Waals surface area contributed by atoms with Crippen molar-refractivity contribution in [2.45, 2.75) is 52.0 Å². The molecule has 0 spiro atoms. The number of allylic oxidation sites excluding steroid dienone is 2. The molecule has 0 saturated carbocycles. The SMILES string of the molecule is CCC(C)(C)NC(=O)C1CC=CCC1. The molecule has 0 aromatic heterocycles. The van der Waals surface area contributed by atoms with Gasteiger partial charge in [-0.15, -0.1) is 0 Å². The molecule has 0 bridgehead atoms. The smallest absolute Gasteiger partial charge is 0.223 e. The van der Waals surface area contributed by atoms with Crippen molar-refractivity contribution in [1.29, 1.82) is 0 Å². The van der Waals surface area contributed by atoms with Crippen LogP contribution in [-0.4, -0.2) is 11.4 Å². The van der Waals surface area contributed by atoms with Crippen LogP contribution in [0.3, 0.4) is 0 Å². The number of amides is 1. The van der Waals surface area contributed by atoms with Crippen LogP contribution in [0.5, 0.6) is 0 Å². The van der Waals surface area contributed by atoms with E-state index in [-0.39, 0.29) is 17.4 Å². The molecule has 1 amide bonds. The molecule has 1 unspecified atom stereocenters. The second-order valence-electron chi connectivity index (χ2n) is 4.71. The molecule has 0 fully saturated rings. The average molecular weight is 195 g/mol. The van der Waals surface area contributed by atoms with Gasteiger partial charge < -0.3 is 5.32 Å². The number of rotatable bonds is 3. The van der Waals surface area contributed by atoms with Crippen LogP contribution < -0.4 is 5.32 Å². The maximum absolute atomic E-state index is 11.8. The Morgan fingerprint density at radius 2 is 2.21 bits per heavy atom. The summed E-state index contributed by atoms with van der Waals surface area (Å²) in [4.78, 5) is 11.8. The summed E-state index contributed by atoms with van der Waals surface area (Å²) in [7, 11) is 0. The number of nitrogens with one attached hydrogen (secondary N) is 1. The minimum atomic E-state index is -0.0573. The highest BCUT2D eigenvalue weighted by atomic mass is 16.2. The molecule has 2 nitrogen and oxygen atoms in total. The topological polar surface area (TPSA) is 29.1 Å². The summed E-state index contributed by atoms with van der Waals surface area (Å²) in [5.41, 5.74) is -0.0573. The van der Waals surface area contributed by atoms with Crippen molar-refractivity contribution in [3.05, 3.63) is 12.2 Å². The van der Waals surface area contributed by atoms with E-state index in [1.807, 2.05) is 0 Å². The first-order chi connectivity index (χ1) is 6.55. The van der Waals surface area contributed by atoms with Crippen LogP contribution in [-0.2, 0) is 4.79 Å². The highest BCUT2D eigenvalue weighted by Gasteiger charge is 2.24. The summed E-state index contributed by atoms with van der Waals surface area (Å²) in [6, 6.07) is 0. The molecule has 14 heavy (non-hydrogen) atoms. The Morgan fingerprint density at radius 3 is 2.71 bits per heavy atom. The largest absolute Gasteiger partial charge is 0.351 e. The van der Waals surface area contributed by atoms with Gasteiger partial charge in [0.2, 0.25) is 5.91 Å². The third-order valence-electron chi connectivity index (χ3n) is 2.99. The zero-order chi connectivity index (χ0) is 10.6. The van der Waals surface area contributed by atoms with Gasteiger partial charge in [0.25, 0.3) is 0 Å². The van der Waals surface area contributed by atoms with Crippen LogP contribution >= 0.6 is 0 Å². The van der Waals surface area contributed by atoms with Crippen LogP contribution in [0.15, 0.2) is 12.2 Å². The van der Waals surface area contributed by atoms with E-state index in [9.17, 15) is 4.79 Å². The van der Waals surface area contributed by atoms with E-state index in [0.717, 1.165) is 25.7 Å². The minimum absolute atomic E-state index is 0.0573. The Hall–Kier alpha value is -0.790. The first-order valence-corrected chi connectivity index (χ1v) is 5.52. The summed E-state index contributed by atoms with van der Waals surface area (Å²) in [6.45, 7) is 6.24. The van der Waals surface area contributed by atoms with E-state index in [1.54, 1.807) is 0 Å². The lowest BCUT2D eigenvalue weighted by molar-refractivity contribution is -0.126. The Labute approximate surface area is 86.8 Å². The molecule has 0 aromatic rings. The normalized spacial score (nSPS) is 22.1. The van der Waals surface area contributed by atoms with Gasteiger partial charge in [-0.05, 0) is 39.5 Å². The van der Waals surface area contributed by atoms with E-state index < -0.39 is 0 Å². The van der Waals surface area contributed by atoms with Gasteiger partial charge in [-0.25, -0.2) is 0 Å². The number of hydrogen-bond donors (Lipinski definition) is 1. The molecule has 1 aliphatic rings. The molecule has 0 aromatic carbocycles. The van der Waals surface area contributed by atoms with Crippen molar-refractivity contribution >= 4 is 5.91 Å². The lowest BCUT2D eigenvalue weighted by Gasteiger charge is -2.28. The Balaban J connectivity index is 2.45. The van der Waals surface area contributed by atoms with Gasteiger partial charge in [-0.2, -0.15) is 0 Å². The van der Waals surface area contributed by atoms with Crippen molar-refractivity contribution in [2.24, 2.45) is 5.92 Å². The Morgan fingerprint density at radius 1 is 1.50 bits per heavy atom. The third-order valence-corrected chi connectivity index (χ3v) is 2.99. The molecular formula is C12H21NO. The summed E-state index contributed by atoms with van der Waals surface area (Å²) >= 11 is 0. The molecule has 1 rings (SSSR count). The van der Waals surface area contributed by atoms with Crippen LogP contribution in [0.4, 0.5) is 0 Å². The fourth-order valence-corrected chi connectivity index (χ4v) is 1.56. The fraction of sp³-hybridized carbons (Fsp3) is 0.750. The quantitative estimate of drug-likeness (QED) is 0.689. The van der Waals surface area contributed by atoms with Crippen LogP contribution in [0.2, 0.25) is 0 Å². The predicted molar refractivity (Wildman–Crippen MR) is 59.0 cm³/mol. The molecule has 80 valence electrons. The second-order valence-corrected chi connectivity index (χ2v) is 4.71. The van der Waals surface area contributed by atoms with Crippen LogP contribution in [0, 0.1) is 5.92 Å². The summed E-state index contributed by atoms with van der Waals surface area (Å²) in [5.74, 6) is 0.423. The monoisotopic (exact) mass is 195 g/mol. The van der Waals surface area contributed by atoms with Gasteiger partial charge in [0.15, 0.2) is 0 Å². The predicted octanol–water partition coefficient (Wildman–Crippen LogP) is 2.65. The van der Waals surface area contributed by atoms with Gasteiger partial charge in [0, 0.05) is 11.5 Å². The second kappa shape index (κ2) is 4.63. The molecule has 0 radical (unpaired) electrons. The van der Waals surface area contributed by atoms with Crippen molar-refractivity contribution in [2.75, 3.05) is 0 Å². The molecule has 0 heterocycles. The lowest BCUT2D eigenvalue weighted by Crippen LogP contribution is -2.45. The van der Waals surface area contributed by atoms with Crippen molar-refractivity contribution in [3.63, 3.8) is 0 Å². The molecule has 2 heteroatoms. The Kier molecular flexibility index (Phi) is 3.73. The van der Waals surface area contributed by atoms with Gasteiger partial charge in [0.1, 0.15) is 0 Å².